The number of nitrogens with zero attached hydrogens (tertiary/aromatic N) is 3. The third-order valence-corrected chi connectivity index (χ3v) is 14.8. The van der Waals surface area contributed by atoms with E-state index in [4.69, 9.17) is 18.9 Å². The second-order valence-electron chi connectivity index (χ2n) is 17.2. The van der Waals surface area contributed by atoms with Gasteiger partial charge in [-0.2, -0.15) is 0 Å². The number of para-hydroxylation sites is 1. The molecular formula is C45H54N4O8. The van der Waals surface area contributed by atoms with Crippen molar-refractivity contribution in [2.75, 3.05) is 59.5 Å². The first-order valence-corrected chi connectivity index (χ1v) is 20.3. The van der Waals surface area contributed by atoms with Crippen molar-refractivity contribution >= 4 is 34.5 Å². The van der Waals surface area contributed by atoms with Gasteiger partial charge in [0.05, 0.1) is 27.4 Å². The van der Waals surface area contributed by atoms with Gasteiger partial charge >= 0.3 is 17.9 Å². The van der Waals surface area contributed by atoms with E-state index in [2.05, 4.69) is 58.1 Å². The molecule has 9 rings (SSSR count). The fourth-order valence-corrected chi connectivity index (χ4v) is 12.8. The molecule has 1 saturated heterocycles. The fourth-order valence-electron chi connectivity index (χ4n) is 12.8. The molecule has 1 spiro atoms. The van der Waals surface area contributed by atoms with E-state index in [1.54, 1.807) is 7.11 Å². The summed E-state index contributed by atoms with van der Waals surface area (Å²) in [5.74, 6) is -1.31. The minimum Gasteiger partial charge on any atom is -0.496 e. The molecule has 0 amide bonds. The Morgan fingerprint density at radius 2 is 1.77 bits per heavy atom. The Morgan fingerprint density at radius 1 is 1.00 bits per heavy atom. The van der Waals surface area contributed by atoms with Gasteiger partial charge in [-0.05, 0) is 61.4 Å². The number of aromatic amines is 1. The smallest absolute Gasteiger partial charge is 0.344 e. The molecule has 9 atom stereocenters. The number of anilines is 1. The van der Waals surface area contributed by atoms with Crippen molar-refractivity contribution in [2.24, 2.45) is 11.3 Å². The third-order valence-electron chi connectivity index (χ3n) is 14.8. The van der Waals surface area contributed by atoms with Crippen molar-refractivity contribution in [3.05, 3.63) is 82.6 Å². The lowest BCUT2D eigenvalue weighted by Crippen LogP contribution is -2.81. The molecule has 2 N–H and O–H groups in total. The summed E-state index contributed by atoms with van der Waals surface area (Å²) in [6.07, 6.45) is 7.67. The molecule has 6 aliphatic rings. The van der Waals surface area contributed by atoms with E-state index in [-0.39, 0.29) is 17.9 Å². The Balaban J connectivity index is 1.37. The Labute approximate surface area is 333 Å². The van der Waals surface area contributed by atoms with E-state index in [0.717, 1.165) is 52.9 Å². The van der Waals surface area contributed by atoms with E-state index < -0.39 is 45.9 Å². The van der Waals surface area contributed by atoms with Gasteiger partial charge in [0.25, 0.3) is 0 Å². The normalized spacial score (nSPS) is 34.9. The summed E-state index contributed by atoms with van der Waals surface area (Å²) in [5, 5.41) is 14.4. The first-order valence-electron chi connectivity index (χ1n) is 20.3. The van der Waals surface area contributed by atoms with E-state index in [1.807, 2.05) is 37.1 Å². The predicted molar refractivity (Wildman–Crippen MR) is 214 cm³/mol. The quantitative estimate of drug-likeness (QED) is 0.196. The summed E-state index contributed by atoms with van der Waals surface area (Å²) in [6.45, 7) is 9.19. The van der Waals surface area contributed by atoms with Gasteiger partial charge in [0.1, 0.15) is 11.2 Å². The van der Waals surface area contributed by atoms with Crippen LogP contribution >= 0.6 is 0 Å². The van der Waals surface area contributed by atoms with Crippen LogP contribution in [0.2, 0.25) is 0 Å². The van der Waals surface area contributed by atoms with E-state index in [9.17, 15) is 14.7 Å². The maximum Gasteiger partial charge on any atom is 0.344 e. The fraction of sp³-hybridized carbons (Fsp3) is 0.533. The van der Waals surface area contributed by atoms with Gasteiger partial charge in [0.2, 0.25) is 5.60 Å². The number of nitrogens with one attached hydrogen (secondary N) is 1. The van der Waals surface area contributed by atoms with Crippen LogP contribution in [0.3, 0.4) is 0 Å². The van der Waals surface area contributed by atoms with Crippen LogP contribution < -0.4 is 9.64 Å². The number of esters is 3. The zero-order chi connectivity index (χ0) is 40.2. The average Bonchev–Trinajstić information content (AvgIpc) is 3.87. The summed E-state index contributed by atoms with van der Waals surface area (Å²) in [5.41, 5.74) is 1.05. The standard InChI is InChI=1S/C45H54N4O8/c1-8-27-19-28-22-44(40(51)55-6,36-30(25-48(23-27)24-28)29-13-10-11-14-33(29)46-36)32-20-31-34(21-35(32)54-5)47(4)38-43(31)16-18-49-17-12-15-42(9-2,37(43)49)39(57-26(3)50)45(38,53)41(52)56-7/h10-15,19-21,28,37-39,46,53H,8-9,16-18,22-25H2,1-7H3/t28-,37-,38+,39+,42+,43+,44-,45?/m0/s1. The van der Waals surface area contributed by atoms with Gasteiger partial charge in [0, 0.05) is 90.9 Å². The molecule has 12 heteroatoms. The van der Waals surface area contributed by atoms with Crippen LogP contribution in [0.15, 0.2) is 60.2 Å². The molecule has 2 unspecified atom stereocenters. The zero-order valence-electron chi connectivity index (χ0n) is 34.0. The molecule has 3 aromatic rings. The predicted octanol–water partition coefficient (Wildman–Crippen LogP) is 4.75. The summed E-state index contributed by atoms with van der Waals surface area (Å²) in [4.78, 5) is 53.1. The number of hydrogen-bond donors (Lipinski definition) is 2. The number of benzene rings is 2. The molecule has 2 bridgehead atoms. The monoisotopic (exact) mass is 778 g/mol. The summed E-state index contributed by atoms with van der Waals surface area (Å²) >= 11 is 0. The highest BCUT2D eigenvalue weighted by atomic mass is 16.6. The molecule has 1 aliphatic carbocycles. The molecule has 6 heterocycles. The lowest BCUT2D eigenvalue weighted by Gasteiger charge is -2.63. The van der Waals surface area contributed by atoms with Gasteiger partial charge in [-0.3, -0.25) is 19.4 Å². The largest absolute Gasteiger partial charge is 0.496 e. The van der Waals surface area contributed by atoms with Crippen molar-refractivity contribution in [3.8, 4) is 5.75 Å². The van der Waals surface area contributed by atoms with Gasteiger partial charge in [0.15, 0.2) is 6.10 Å². The number of carbonyl (C=O) groups excluding carboxylic acids is 3. The third kappa shape index (κ3) is 4.80. The highest BCUT2D eigenvalue weighted by Crippen LogP contribution is 2.68. The SMILES string of the molecule is CCC1=C[C@@H]2CN(C1)Cc1c([nH]c3ccccc13)[C@@](C(=O)OC)(c1cc3c(cc1OC)N(C)[C@H]1C(O)(C(=O)OC)[C@H](OC(C)=O)[C@]4(CC)C=CCN5CC[C@]31[C@@H]54)C2. The molecule has 0 radical (unpaired) electrons. The lowest BCUT2D eigenvalue weighted by molar-refractivity contribution is -0.228. The minimum atomic E-state index is -2.27. The van der Waals surface area contributed by atoms with Crippen LogP contribution in [-0.4, -0.2) is 116 Å². The number of hydrogen-bond acceptors (Lipinski definition) is 11. The zero-order valence-corrected chi connectivity index (χ0v) is 34.0. The van der Waals surface area contributed by atoms with Gasteiger partial charge in [-0.15, -0.1) is 0 Å². The number of H-pyrrole nitrogens is 1. The maximum absolute atomic E-state index is 15.2. The Hall–Kier alpha value is -4.65. The van der Waals surface area contributed by atoms with Crippen LogP contribution in [-0.2, 0) is 46.0 Å². The van der Waals surface area contributed by atoms with Crippen LogP contribution in [0.5, 0.6) is 5.75 Å². The summed E-state index contributed by atoms with van der Waals surface area (Å²) in [7, 11) is 6.22. The minimum absolute atomic E-state index is 0.0284. The Bertz CT molecular complexity index is 2250. The van der Waals surface area contributed by atoms with Crippen LogP contribution in [0.25, 0.3) is 10.9 Å². The van der Waals surface area contributed by atoms with Gasteiger partial charge in [-0.1, -0.05) is 55.8 Å². The molecule has 5 aliphatic heterocycles. The molecule has 302 valence electrons. The lowest BCUT2D eigenvalue weighted by atomic mass is 9.47. The maximum atomic E-state index is 15.2. The number of likely N-dealkylation sites (N-methyl/N-ethyl adjacent to an activating group) is 1. The van der Waals surface area contributed by atoms with E-state index >= 15 is 4.79 Å². The number of carbonyl (C=O) groups is 3. The van der Waals surface area contributed by atoms with Crippen molar-refractivity contribution in [1.82, 2.24) is 14.8 Å². The molecular weight excluding hydrogens is 725 g/mol. The first-order chi connectivity index (χ1) is 27.4. The molecule has 12 nitrogen and oxygen atoms in total. The molecule has 2 fully saturated rings. The summed E-state index contributed by atoms with van der Waals surface area (Å²) < 4.78 is 23.9. The number of aliphatic hydroxyl groups is 1. The van der Waals surface area contributed by atoms with Crippen molar-refractivity contribution in [2.45, 2.75) is 87.6 Å². The summed E-state index contributed by atoms with van der Waals surface area (Å²) in [6, 6.07) is 11.2. The number of fused-ring (bicyclic) bond motifs is 6. The van der Waals surface area contributed by atoms with Gasteiger partial charge in [-0.25, -0.2) is 4.79 Å². The van der Waals surface area contributed by atoms with E-state index in [0.29, 0.717) is 50.2 Å². The van der Waals surface area contributed by atoms with Crippen molar-refractivity contribution in [3.63, 3.8) is 0 Å². The number of methoxy groups -OCH3 is 3. The van der Waals surface area contributed by atoms with E-state index in [1.165, 1.54) is 26.7 Å². The number of ether oxygens (including phenoxy) is 4. The van der Waals surface area contributed by atoms with Crippen LogP contribution in [0.4, 0.5) is 5.69 Å². The molecule has 1 saturated carbocycles. The first kappa shape index (κ1) is 37.9. The topological polar surface area (TPSA) is 134 Å². The van der Waals surface area contributed by atoms with Crippen LogP contribution in [0.1, 0.15) is 68.8 Å². The number of rotatable bonds is 7. The molecule has 2 aromatic carbocycles. The highest BCUT2D eigenvalue weighted by Gasteiger charge is 2.80. The second kappa shape index (κ2) is 13.2. The van der Waals surface area contributed by atoms with Gasteiger partial charge < -0.3 is 33.9 Å². The molecule has 1 aromatic heterocycles. The molecule has 57 heavy (non-hydrogen) atoms. The highest BCUT2D eigenvalue weighted by molar-refractivity contribution is 5.95. The van der Waals surface area contributed by atoms with Crippen molar-refractivity contribution < 1.29 is 38.4 Å². The van der Waals surface area contributed by atoms with Crippen LogP contribution in [0, 0.1) is 11.3 Å². The van der Waals surface area contributed by atoms with Crippen molar-refractivity contribution in [1.29, 1.82) is 0 Å². The second-order valence-corrected chi connectivity index (χ2v) is 17.2. The number of aromatic nitrogens is 1. The Morgan fingerprint density at radius 3 is 2.47 bits per heavy atom. The Kier molecular flexibility index (Phi) is 8.77. The average molecular weight is 779 g/mol.